The van der Waals surface area contributed by atoms with E-state index in [1.165, 1.54) is 44.7 Å². The maximum atomic E-state index is 13.3. The second-order valence-corrected chi connectivity index (χ2v) is 10.2. The smallest absolute Gasteiger partial charge is 0.262 e. The zero-order valence-electron chi connectivity index (χ0n) is 16.0. The van der Waals surface area contributed by atoms with Gasteiger partial charge >= 0.3 is 0 Å². The molecule has 4 aromatic rings. The molecule has 0 radical (unpaired) electrons. The lowest BCUT2D eigenvalue weighted by Crippen LogP contribution is -2.21. The van der Waals surface area contributed by atoms with Crippen LogP contribution in [0.2, 0.25) is 0 Å². The topological polar surface area (TPSA) is 76.9 Å². The summed E-state index contributed by atoms with van der Waals surface area (Å²) >= 11 is 4.04. The molecule has 1 amide bonds. The van der Waals surface area contributed by atoms with Gasteiger partial charge in [-0.25, -0.2) is 14.4 Å². The molecule has 1 aliphatic rings. The van der Waals surface area contributed by atoms with E-state index in [1.54, 1.807) is 24.5 Å². The van der Waals surface area contributed by atoms with Crippen molar-refractivity contribution in [2.75, 3.05) is 11.1 Å². The van der Waals surface area contributed by atoms with Gasteiger partial charge < -0.3 is 5.32 Å². The third-order valence-corrected chi connectivity index (χ3v) is 8.23. The molecule has 6 nitrogen and oxygen atoms in total. The molecule has 0 atom stereocenters. The number of aromatic nitrogens is 3. The fraction of sp³-hybridized carbons (Fsp3) is 0.300. The Labute approximate surface area is 183 Å². The fourth-order valence-electron chi connectivity index (χ4n) is 3.63. The van der Waals surface area contributed by atoms with Gasteiger partial charge in [0.15, 0.2) is 10.3 Å². The van der Waals surface area contributed by atoms with Gasteiger partial charge in [-0.1, -0.05) is 23.1 Å². The quantitative estimate of drug-likeness (QED) is 0.362. The SMILES string of the molecule is Cn1c(SCC(=O)Nc2nc3ccc(F)cc3s2)nc2sc3c(c2c1=O)CCCC3. The van der Waals surface area contributed by atoms with E-state index >= 15 is 0 Å². The third kappa shape index (κ3) is 3.52. The number of carbonyl (C=O) groups excluding carboxylic acids is 1. The van der Waals surface area contributed by atoms with Crippen molar-refractivity contribution in [1.82, 2.24) is 14.5 Å². The van der Waals surface area contributed by atoms with E-state index in [9.17, 15) is 14.0 Å². The van der Waals surface area contributed by atoms with Crippen molar-refractivity contribution in [3.63, 3.8) is 0 Å². The van der Waals surface area contributed by atoms with Crippen molar-refractivity contribution in [3.05, 3.63) is 44.8 Å². The average molecular weight is 461 g/mol. The van der Waals surface area contributed by atoms with E-state index in [-0.39, 0.29) is 23.0 Å². The number of aryl methyl sites for hydroxylation is 2. The van der Waals surface area contributed by atoms with Gasteiger partial charge in [-0.2, -0.15) is 0 Å². The van der Waals surface area contributed by atoms with E-state index in [0.29, 0.717) is 20.5 Å². The van der Waals surface area contributed by atoms with E-state index in [1.807, 2.05) is 0 Å². The van der Waals surface area contributed by atoms with Gasteiger partial charge in [-0.15, -0.1) is 11.3 Å². The summed E-state index contributed by atoms with van der Waals surface area (Å²) in [5, 5.41) is 4.43. The van der Waals surface area contributed by atoms with Gasteiger partial charge in [0.1, 0.15) is 10.6 Å². The van der Waals surface area contributed by atoms with Crippen LogP contribution in [0.15, 0.2) is 28.2 Å². The van der Waals surface area contributed by atoms with Crippen molar-refractivity contribution < 1.29 is 9.18 Å². The Morgan fingerprint density at radius 1 is 1.27 bits per heavy atom. The maximum Gasteiger partial charge on any atom is 0.262 e. The summed E-state index contributed by atoms with van der Waals surface area (Å²) in [6, 6.07) is 4.32. The normalized spacial score (nSPS) is 13.7. The Hall–Kier alpha value is -2.30. The van der Waals surface area contributed by atoms with E-state index in [4.69, 9.17) is 0 Å². The number of carbonyl (C=O) groups is 1. The van der Waals surface area contributed by atoms with Crippen LogP contribution in [-0.2, 0) is 24.7 Å². The number of hydrogen-bond acceptors (Lipinski definition) is 7. The highest BCUT2D eigenvalue weighted by Crippen LogP contribution is 2.34. The highest BCUT2D eigenvalue weighted by atomic mass is 32.2. The minimum absolute atomic E-state index is 0.0458. The number of halogens is 1. The summed E-state index contributed by atoms with van der Waals surface area (Å²) in [5.41, 5.74) is 1.76. The summed E-state index contributed by atoms with van der Waals surface area (Å²) in [5.74, 6) is -0.488. The second-order valence-electron chi connectivity index (χ2n) is 7.12. The van der Waals surface area contributed by atoms with Crippen LogP contribution in [0.4, 0.5) is 9.52 Å². The first-order valence-corrected chi connectivity index (χ1v) is 12.1. The zero-order valence-corrected chi connectivity index (χ0v) is 18.5. The average Bonchev–Trinajstić information content (AvgIpc) is 3.29. The van der Waals surface area contributed by atoms with Crippen molar-refractivity contribution in [2.24, 2.45) is 7.05 Å². The summed E-state index contributed by atoms with van der Waals surface area (Å²) in [6.07, 6.45) is 4.21. The number of fused-ring (bicyclic) bond motifs is 4. The number of thiazole rings is 1. The molecular weight excluding hydrogens is 443 g/mol. The van der Waals surface area contributed by atoms with Crippen molar-refractivity contribution in [3.8, 4) is 0 Å². The number of nitrogens with one attached hydrogen (secondary N) is 1. The Balaban J connectivity index is 1.34. The Morgan fingerprint density at radius 2 is 2.10 bits per heavy atom. The fourth-order valence-corrected chi connectivity index (χ4v) is 6.61. The van der Waals surface area contributed by atoms with Crippen LogP contribution < -0.4 is 10.9 Å². The molecule has 0 unspecified atom stereocenters. The molecule has 0 fully saturated rings. The molecule has 10 heteroatoms. The molecule has 1 aromatic carbocycles. The van der Waals surface area contributed by atoms with Crippen LogP contribution in [0.25, 0.3) is 20.4 Å². The van der Waals surface area contributed by atoms with Gasteiger partial charge in [0.2, 0.25) is 5.91 Å². The first-order chi connectivity index (χ1) is 14.5. The number of amides is 1. The highest BCUT2D eigenvalue weighted by molar-refractivity contribution is 7.99. The van der Waals surface area contributed by atoms with Crippen LogP contribution in [0.1, 0.15) is 23.3 Å². The molecule has 1 aliphatic carbocycles. The molecule has 0 bridgehead atoms. The molecular formula is C20H17FN4O2S3. The molecule has 0 saturated heterocycles. The molecule has 0 spiro atoms. The molecule has 5 rings (SSSR count). The summed E-state index contributed by atoms with van der Waals surface area (Å²) in [7, 11) is 1.70. The Morgan fingerprint density at radius 3 is 2.97 bits per heavy atom. The maximum absolute atomic E-state index is 13.3. The van der Waals surface area contributed by atoms with Crippen molar-refractivity contribution >= 4 is 65.9 Å². The first-order valence-electron chi connectivity index (χ1n) is 9.49. The molecule has 3 aromatic heterocycles. The molecule has 1 N–H and O–H groups in total. The van der Waals surface area contributed by atoms with Gasteiger partial charge in [0.25, 0.3) is 5.56 Å². The minimum Gasteiger partial charge on any atom is -0.301 e. The lowest BCUT2D eigenvalue weighted by Gasteiger charge is -2.10. The predicted octanol–water partition coefficient (Wildman–Crippen LogP) is 4.35. The lowest BCUT2D eigenvalue weighted by atomic mass is 9.97. The number of nitrogens with zero attached hydrogens (tertiary/aromatic N) is 3. The number of benzene rings is 1. The van der Waals surface area contributed by atoms with E-state index < -0.39 is 0 Å². The predicted molar refractivity (Wildman–Crippen MR) is 120 cm³/mol. The molecule has 0 saturated carbocycles. The monoisotopic (exact) mass is 460 g/mol. The zero-order chi connectivity index (χ0) is 20.8. The molecule has 154 valence electrons. The van der Waals surface area contributed by atoms with Crippen LogP contribution >= 0.6 is 34.4 Å². The molecule has 3 heterocycles. The highest BCUT2D eigenvalue weighted by Gasteiger charge is 2.21. The third-order valence-electron chi connectivity index (χ3n) is 5.08. The Kier molecular flexibility index (Phi) is 5.08. The van der Waals surface area contributed by atoms with Crippen molar-refractivity contribution in [2.45, 2.75) is 30.8 Å². The van der Waals surface area contributed by atoms with E-state index in [0.717, 1.165) is 41.5 Å². The number of thioether (sulfide) groups is 1. The summed E-state index contributed by atoms with van der Waals surface area (Å²) in [4.78, 5) is 36.3. The van der Waals surface area contributed by atoms with Gasteiger partial charge in [-0.3, -0.25) is 14.2 Å². The summed E-state index contributed by atoms with van der Waals surface area (Å²) in [6.45, 7) is 0. The van der Waals surface area contributed by atoms with E-state index in [2.05, 4.69) is 15.3 Å². The molecule has 0 aliphatic heterocycles. The lowest BCUT2D eigenvalue weighted by molar-refractivity contribution is -0.113. The van der Waals surface area contributed by atoms with Crippen LogP contribution in [0.3, 0.4) is 0 Å². The molecule has 30 heavy (non-hydrogen) atoms. The van der Waals surface area contributed by atoms with Gasteiger partial charge in [0.05, 0.1) is 21.4 Å². The van der Waals surface area contributed by atoms with Crippen LogP contribution in [0, 0.1) is 5.82 Å². The minimum atomic E-state index is -0.336. The largest absolute Gasteiger partial charge is 0.301 e. The van der Waals surface area contributed by atoms with Crippen molar-refractivity contribution in [1.29, 1.82) is 0 Å². The Bertz CT molecular complexity index is 1360. The number of rotatable bonds is 4. The van der Waals surface area contributed by atoms with Gasteiger partial charge in [0, 0.05) is 11.9 Å². The summed E-state index contributed by atoms with van der Waals surface area (Å²) < 4.78 is 15.5. The van der Waals surface area contributed by atoms with Gasteiger partial charge in [-0.05, 0) is 49.4 Å². The van der Waals surface area contributed by atoms with Crippen LogP contribution in [-0.4, -0.2) is 26.2 Å². The number of hydrogen-bond donors (Lipinski definition) is 1. The first kappa shape index (κ1) is 19.7. The second kappa shape index (κ2) is 7.75. The standard InChI is InChI=1S/C20H17FN4O2S3/c1-25-18(27)16-11-4-2-3-5-13(11)29-17(16)24-20(25)28-9-15(26)23-19-22-12-7-6-10(21)8-14(12)30-19/h6-8H,2-5,9H2,1H3,(H,22,23,26). The number of thiophene rings is 1. The van der Waals surface area contributed by atoms with Crippen LogP contribution in [0.5, 0.6) is 0 Å². The number of anilines is 1.